The molecule has 1 aliphatic carbocycles. The Morgan fingerprint density at radius 1 is 1.06 bits per heavy atom. The van der Waals surface area contributed by atoms with E-state index in [2.05, 4.69) is 44.0 Å². The predicted octanol–water partition coefficient (Wildman–Crippen LogP) is 6.03. The van der Waals surface area contributed by atoms with E-state index in [1.807, 2.05) is 23.2 Å². The van der Waals surface area contributed by atoms with Gasteiger partial charge in [-0.3, -0.25) is 9.78 Å². The van der Waals surface area contributed by atoms with Crippen LogP contribution in [0.2, 0.25) is 5.02 Å². The zero-order valence-corrected chi connectivity index (χ0v) is 23.9. The largest absolute Gasteiger partial charge is 0.351 e. The lowest BCUT2D eigenvalue weighted by molar-refractivity contribution is -0.133. The van der Waals surface area contributed by atoms with Crippen LogP contribution in [0.15, 0.2) is 45.6 Å². The monoisotopic (exact) mass is 634 g/mol. The molecular formula is C27H29Br2ClN4O2. The van der Waals surface area contributed by atoms with Crippen LogP contribution in [-0.2, 0) is 17.6 Å². The van der Waals surface area contributed by atoms with Gasteiger partial charge in [-0.25, -0.2) is 4.79 Å². The van der Waals surface area contributed by atoms with Crippen molar-refractivity contribution in [3.63, 3.8) is 0 Å². The van der Waals surface area contributed by atoms with Crippen LogP contribution in [0.3, 0.4) is 0 Å². The number of rotatable bonds is 3. The number of likely N-dealkylation sites (tertiary alicyclic amines) is 1. The molecule has 6 nitrogen and oxygen atoms in total. The van der Waals surface area contributed by atoms with Crippen molar-refractivity contribution in [3.05, 3.63) is 73.0 Å². The van der Waals surface area contributed by atoms with Gasteiger partial charge in [0.1, 0.15) is 0 Å². The van der Waals surface area contributed by atoms with Crippen LogP contribution in [0.25, 0.3) is 0 Å². The molecule has 3 amide bonds. The molecule has 0 bridgehead atoms. The number of allylic oxidation sites excluding steroid dienone is 1. The van der Waals surface area contributed by atoms with Gasteiger partial charge in [-0.1, -0.05) is 33.6 Å². The molecule has 1 aromatic heterocycles. The van der Waals surface area contributed by atoms with E-state index in [4.69, 9.17) is 22.3 Å². The topological polar surface area (TPSA) is 79.5 Å². The van der Waals surface area contributed by atoms with Gasteiger partial charge >= 0.3 is 6.03 Å². The lowest BCUT2D eigenvalue weighted by Gasteiger charge is -2.37. The summed E-state index contributed by atoms with van der Waals surface area (Å²) in [5.74, 6) is 0.882. The molecule has 36 heavy (non-hydrogen) atoms. The molecule has 9 heteroatoms. The fourth-order valence-corrected chi connectivity index (χ4v) is 7.42. The Morgan fingerprint density at radius 2 is 1.81 bits per heavy atom. The van der Waals surface area contributed by atoms with Gasteiger partial charge in [0.25, 0.3) is 0 Å². The third-order valence-electron chi connectivity index (χ3n) is 7.78. The highest BCUT2D eigenvalue weighted by Gasteiger charge is 2.36. The number of aromatic nitrogens is 1. The molecule has 0 radical (unpaired) electrons. The van der Waals surface area contributed by atoms with Gasteiger partial charge in [0.05, 0.1) is 5.69 Å². The summed E-state index contributed by atoms with van der Waals surface area (Å²) in [7, 11) is 0. The van der Waals surface area contributed by atoms with Gasteiger partial charge in [-0.05, 0) is 94.8 Å². The third kappa shape index (κ3) is 5.36. The van der Waals surface area contributed by atoms with Gasteiger partial charge in [0, 0.05) is 58.3 Å². The van der Waals surface area contributed by atoms with Crippen molar-refractivity contribution in [2.24, 2.45) is 17.6 Å². The highest BCUT2D eigenvalue weighted by Crippen LogP contribution is 2.46. The number of primary amides is 1. The van der Waals surface area contributed by atoms with Crippen LogP contribution in [0, 0.1) is 11.8 Å². The third-order valence-corrected chi connectivity index (χ3v) is 9.09. The Bertz CT molecular complexity index is 1210. The molecule has 1 fully saturated rings. The van der Waals surface area contributed by atoms with Gasteiger partial charge < -0.3 is 15.5 Å². The van der Waals surface area contributed by atoms with Gasteiger partial charge in [0.15, 0.2) is 0 Å². The molecule has 5 rings (SSSR count). The lowest BCUT2D eigenvalue weighted by Crippen LogP contribution is -2.41. The number of fused-ring (bicyclic) bond motifs is 2. The molecule has 1 unspecified atom stereocenters. The highest BCUT2D eigenvalue weighted by atomic mass is 79.9. The Labute approximate surface area is 233 Å². The van der Waals surface area contributed by atoms with Crippen molar-refractivity contribution >= 4 is 55.4 Å². The van der Waals surface area contributed by atoms with Crippen LogP contribution in [0.1, 0.15) is 54.0 Å². The molecule has 1 saturated heterocycles. The van der Waals surface area contributed by atoms with E-state index < -0.39 is 6.03 Å². The number of hydrogen-bond donors (Lipinski definition) is 1. The Hall–Kier alpha value is -1.90. The SMILES string of the molecule is NC(=O)N1C=CC(CC(=O)N2CCC([C@H]3c4ncc(Br)cc4CCc4cc(Cl)cc(Br)c43)CC2)CC1. The standard InChI is InChI=1S/C27H29Br2ClN4O2/c28-20-12-19-2-1-18-13-21(30)14-22(29)24(18)25(26(19)32-15-20)17-5-9-33(10-6-17)23(35)11-16-3-7-34(8-4-16)27(31)36/h3,7,12-17,25H,1-2,4-6,8-11H2,(H2,31,36)/t16?,25-/m1/s1. The number of amides is 3. The second kappa shape index (κ2) is 10.8. The van der Waals surface area contributed by atoms with E-state index in [9.17, 15) is 9.59 Å². The van der Waals surface area contributed by atoms with Crippen LogP contribution < -0.4 is 5.73 Å². The molecule has 2 aromatic rings. The molecular weight excluding hydrogens is 608 g/mol. The molecule has 2 N–H and O–H groups in total. The lowest BCUT2D eigenvalue weighted by atomic mass is 9.76. The zero-order chi connectivity index (χ0) is 25.4. The number of hydrogen-bond acceptors (Lipinski definition) is 3. The van der Waals surface area contributed by atoms with Crippen molar-refractivity contribution in [1.82, 2.24) is 14.8 Å². The van der Waals surface area contributed by atoms with Gasteiger partial charge in [0.2, 0.25) is 5.91 Å². The van der Waals surface area contributed by atoms with Crippen molar-refractivity contribution < 1.29 is 9.59 Å². The maximum absolute atomic E-state index is 13.1. The predicted molar refractivity (Wildman–Crippen MR) is 148 cm³/mol. The smallest absolute Gasteiger partial charge is 0.318 e. The minimum Gasteiger partial charge on any atom is -0.351 e. The Kier molecular flexibility index (Phi) is 7.75. The number of nitrogens with two attached hydrogens (primary N) is 1. The number of aryl methyl sites for hydroxylation is 2. The zero-order valence-electron chi connectivity index (χ0n) is 19.9. The van der Waals surface area contributed by atoms with E-state index in [1.165, 1.54) is 21.6 Å². The van der Waals surface area contributed by atoms with Crippen LogP contribution in [0.4, 0.5) is 4.79 Å². The minimum atomic E-state index is -0.449. The second-order valence-corrected chi connectivity index (χ2v) is 12.2. The number of carbonyl (C=O) groups is 2. The normalized spacial score (nSPS) is 22.1. The number of piperidine rings is 1. The number of urea groups is 1. The van der Waals surface area contributed by atoms with Crippen LogP contribution in [0.5, 0.6) is 0 Å². The first-order valence-corrected chi connectivity index (χ1v) is 14.4. The number of pyridine rings is 1. The Balaban J connectivity index is 1.33. The first kappa shape index (κ1) is 25.7. The van der Waals surface area contributed by atoms with Crippen molar-refractivity contribution in [3.8, 4) is 0 Å². The quantitative estimate of drug-likeness (QED) is 0.447. The van der Waals surface area contributed by atoms with E-state index in [-0.39, 0.29) is 17.7 Å². The molecule has 3 heterocycles. The van der Waals surface area contributed by atoms with Crippen molar-refractivity contribution in [2.45, 2.75) is 44.4 Å². The van der Waals surface area contributed by atoms with Crippen molar-refractivity contribution in [1.29, 1.82) is 0 Å². The fraction of sp³-hybridized carbons (Fsp3) is 0.444. The molecule has 190 valence electrons. The highest BCUT2D eigenvalue weighted by molar-refractivity contribution is 9.10. The molecule has 2 aliphatic heterocycles. The molecule has 0 saturated carbocycles. The van der Waals surface area contributed by atoms with Crippen molar-refractivity contribution in [2.75, 3.05) is 19.6 Å². The number of carbonyl (C=O) groups excluding carboxylic acids is 2. The molecule has 0 spiro atoms. The Morgan fingerprint density at radius 3 is 2.50 bits per heavy atom. The summed E-state index contributed by atoms with van der Waals surface area (Å²) in [6.07, 6.45) is 10.5. The number of halogens is 3. The first-order valence-electron chi connectivity index (χ1n) is 12.4. The summed E-state index contributed by atoms with van der Waals surface area (Å²) in [6, 6.07) is 5.85. The van der Waals surface area contributed by atoms with Crippen LogP contribution >= 0.6 is 43.5 Å². The summed E-state index contributed by atoms with van der Waals surface area (Å²) in [5.41, 5.74) is 10.3. The van der Waals surface area contributed by atoms with Gasteiger partial charge in [-0.2, -0.15) is 0 Å². The maximum atomic E-state index is 13.1. The second-order valence-electron chi connectivity index (χ2n) is 9.98. The minimum absolute atomic E-state index is 0.148. The average molecular weight is 637 g/mol. The van der Waals surface area contributed by atoms with Gasteiger partial charge in [-0.15, -0.1) is 0 Å². The van der Waals surface area contributed by atoms with E-state index in [0.29, 0.717) is 18.9 Å². The summed E-state index contributed by atoms with van der Waals surface area (Å²) in [4.78, 5) is 32.8. The van der Waals surface area contributed by atoms with Crippen LogP contribution in [-0.4, -0.2) is 46.4 Å². The number of benzene rings is 1. The molecule has 3 aliphatic rings. The fourth-order valence-electron chi connectivity index (χ4n) is 5.92. The van der Waals surface area contributed by atoms with E-state index >= 15 is 0 Å². The van der Waals surface area contributed by atoms with E-state index in [1.54, 1.807) is 6.20 Å². The summed E-state index contributed by atoms with van der Waals surface area (Å²) < 4.78 is 2.04. The summed E-state index contributed by atoms with van der Waals surface area (Å²) in [5, 5.41) is 0.746. The molecule has 2 atom stereocenters. The number of nitrogens with zero attached hydrogens (tertiary/aromatic N) is 3. The van der Waals surface area contributed by atoms with E-state index in [0.717, 1.165) is 64.9 Å². The molecule has 1 aromatic carbocycles. The summed E-state index contributed by atoms with van der Waals surface area (Å²) >= 11 is 13.9. The maximum Gasteiger partial charge on any atom is 0.318 e. The average Bonchev–Trinajstić information content (AvgIpc) is 3.01. The first-order chi connectivity index (χ1) is 17.3. The summed E-state index contributed by atoms with van der Waals surface area (Å²) in [6.45, 7) is 2.06.